The first-order valence-corrected chi connectivity index (χ1v) is 5.82. The Morgan fingerprint density at radius 3 is 3.00 bits per heavy atom. The molecule has 3 rings (SSSR count). The Hall–Kier alpha value is -3.04. The van der Waals surface area contributed by atoms with Crippen molar-refractivity contribution in [3.63, 3.8) is 0 Å². The summed E-state index contributed by atoms with van der Waals surface area (Å²) in [4.78, 5) is 16.1. The van der Waals surface area contributed by atoms with Crippen molar-refractivity contribution in [3.8, 4) is 5.95 Å². The van der Waals surface area contributed by atoms with Gasteiger partial charge in [-0.25, -0.2) is 4.68 Å². The van der Waals surface area contributed by atoms with Crippen LogP contribution in [0.2, 0.25) is 0 Å². The number of nitrogens with two attached hydrogens (primary N) is 1. The highest BCUT2D eigenvalue weighted by atomic mass is 16.5. The first-order chi connectivity index (χ1) is 9.81. The second-order valence-corrected chi connectivity index (χ2v) is 3.78. The minimum absolute atomic E-state index is 0.116. The molecule has 0 spiro atoms. The summed E-state index contributed by atoms with van der Waals surface area (Å²) >= 11 is 0. The topological polar surface area (TPSA) is 133 Å². The maximum atomic E-state index is 5.65. The molecule has 20 heavy (non-hydrogen) atoms. The summed E-state index contributed by atoms with van der Waals surface area (Å²) in [6.07, 6.45) is 5.26. The second kappa shape index (κ2) is 5.30. The summed E-state index contributed by atoms with van der Waals surface area (Å²) in [5.74, 6) is 1.36. The number of rotatable bonds is 5. The lowest BCUT2D eigenvalue weighted by Crippen LogP contribution is -2.13. The first kappa shape index (κ1) is 12.0. The minimum atomic E-state index is 0.116. The standard InChI is InChI=1S/C10H11N9O/c11-8-16-9(12-4-2-7-13-6-15-20-7)18-10(17-8)19-5-1-3-14-19/h1,3,5-6H,2,4H2,(H3,11,12,16,17,18). The van der Waals surface area contributed by atoms with E-state index in [1.165, 1.54) is 11.0 Å². The number of nitrogens with one attached hydrogen (secondary N) is 1. The van der Waals surface area contributed by atoms with Crippen LogP contribution in [0.3, 0.4) is 0 Å². The van der Waals surface area contributed by atoms with E-state index in [0.717, 1.165) is 0 Å². The third-order valence-electron chi connectivity index (χ3n) is 2.38. The lowest BCUT2D eigenvalue weighted by atomic mass is 10.4. The van der Waals surface area contributed by atoms with E-state index < -0.39 is 0 Å². The van der Waals surface area contributed by atoms with Crippen LogP contribution in [-0.2, 0) is 6.42 Å². The predicted molar refractivity (Wildman–Crippen MR) is 67.9 cm³/mol. The molecular weight excluding hydrogens is 262 g/mol. The lowest BCUT2D eigenvalue weighted by Gasteiger charge is -2.05. The van der Waals surface area contributed by atoms with Gasteiger partial charge in [-0.05, 0) is 6.07 Å². The number of aromatic nitrogens is 7. The number of nitrogen functional groups attached to an aromatic ring is 1. The molecule has 10 nitrogen and oxygen atoms in total. The largest absolute Gasteiger partial charge is 0.368 e. The van der Waals surface area contributed by atoms with E-state index in [0.29, 0.717) is 30.8 Å². The van der Waals surface area contributed by atoms with E-state index in [-0.39, 0.29) is 5.95 Å². The maximum Gasteiger partial charge on any atom is 0.257 e. The van der Waals surface area contributed by atoms with Gasteiger partial charge in [0.15, 0.2) is 6.33 Å². The van der Waals surface area contributed by atoms with Gasteiger partial charge in [0.05, 0.1) is 0 Å². The van der Waals surface area contributed by atoms with Gasteiger partial charge in [-0.3, -0.25) is 0 Å². The molecule has 0 fully saturated rings. The van der Waals surface area contributed by atoms with Crippen molar-refractivity contribution in [1.82, 2.24) is 34.9 Å². The van der Waals surface area contributed by atoms with Gasteiger partial charge in [0.2, 0.25) is 17.8 Å². The molecule has 0 radical (unpaired) electrons. The Labute approximate surface area is 113 Å². The maximum absolute atomic E-state index is 5.65. The van der Waals surface area contributed by atoms with Gasteiger partial charge >= 0.3 is 0 Å². The first-order valence-electron chi connectivity index (χ1n) is 5.82. The van der Waals surface area contributed by atoms with Crippen LogP contribution >= 0.6 is 0 Å². The fraction of sp³-hybridized carbons (Fsp3) is 0.200. The van der Waals surface area contributed by atoms with Crippen LogP contribution in [0.4, 0.5) is 11.9 Å². The van der Waals surface area contributed by atoms with Crippen molar-refractivity contribution < 1.29 is 4.52 Å². The van der Waals surface area contributed by atoms with Gasteiger partial charge in [-0.1, -0.05) is 5.16 Å². The number of nitrogens with zero attached hydrogens (tertiary/aromatic N) is 7. The van der Waals surface area contributed by atoms with Gasteiger partial charge in [-0.2, -0.15) is 25.0 Å². The van der Waals surface area contributed by atoms with Crippen molar-refractivity contribution in [3.05, 3.63) is 30.7 Å². The summed E-state index contributed by atoms with van der Waals surface area (Å²) in [6, 6.07) is 1.77. The number of hydrogen-bond donors (Lipinski definition) is 2. The average Bonchev–Trinajstić information content (AvgIpc) is 3.11. The molecule has 3 aromatic heterocycles. The van der Waals surface area contributed by atoms with Crippen molar-refractivity contribution in [1.29, 1.82) is 0 Å². The zero-order chi connectivity index (χ0) is 13.8. The van der Waals surface area contributed by atoms with Crippen LogP contribution in [0.5, 0.6) is 0 Å². The van der Waals surface area contributed by atoms with Crippen LogP contribution < -0.4 is 11.1 Å². The molecule has 3 heterocycles. The summed E-state index contributed by atoms with van der Waals surface area (Å²) in [7, 11) is 0. The monoisotopic (exact) mass is 273 g/mol. The highest BCUT2D eigenvalue weighted by Crippen LogP contribution is 2.06. The minimum Gasteiger partial charge on any atom is -0.368 e. The van der Waals surface area contributed by atoms with Crippen LogP contribution in [-0.4, -0.2) is 41.4 Å². The van der Waals surface area contributed by atoms with E-state index in [4.69, 9.17) is 10.3 Å². The Kier molecular flexibility index (Phi) is 3.18. The summed E-state index contributed by atoms with van der Waals surface area (Å²) in [5, 5.41) is 10.6. The molecule has 3 N–H and O–H groups in total. The van der Waals surface area contributed by atoms with Gasteiger partial charge in [0.1, 0.15) is 0 Å². The van der Waals surface area contributed by atoms with Crippen LogP contribution in [0.25, 0.3) is 5.95 Å². The molecule has 0 aliphatic rings. The molecule has 0 saturated carbocycles. The summed E-state index contributed by atoms with van der Waals surface area (Å²) < 4.78 is 6.39. The third kappa shape index (κ3) is 2.68. The summed E-state index contributed by atoms with van der Waals surface area (Å²) in [6.45, 7) is 0.532. The lowest BCUT2D eigenvalue weighted by molar-refractivity contribution is 0.379. The molecule has 0 aliphatic carbocycles. The third-order valence-corrected chi connectivity index (χ3v) is 2.38. The molecule has 0 aromatic carbocycles. The Morgan fingerprint density at radius 2 is 2.25 bits per heavy atom. The van der Waals surface area contributed by atoms with E-state index >= 15 is 0 Å². The Balaban J connectivity index is 1.70. The molecule has 0 amide bonds. The molecule has 0 atom stereocenters. The van der Waals surface area contributed by atoms with E-state index in [2.05, 4.69) is 35.5 Å². The molecule has 102 valence electrons. The fourth-order valence-corrected chi connectivity index (χ4v) is 1.54. The molecule has 3 aromatic rings. The van der Waals surface area contributed by atoms with Gasteiger partial charge in [-0.15, -0.1) is 0 Å². The fourth-order valence-electron chi connectivity index (χ4n) is 1.54. The molecule has 0 saturated heterocycles. The highest BCUT2D eigenvalue weighted by Gasteiger charge is 2.07. The molecule has 0 bridgehead atoms. The van der Waals surface area contributed by atoms with Crippen LogP contribution in [0.1, 0.15) is 5.89 Å². The van der Waals surface area contributed by atoms with Crippen LogP contribution in [0, 0.1) is 0 Å². The van der Waals surface area contributed by atoms with Gasteiger partial charge < -0.3 is 15.6 Å². The van der Waals surface area contributed by atoms with E-state index in [9.17, 15) is 0 Å². The van der Waals surface area contributed by atoms with E-state index in [1.807, 2.05) is 0 Å². The zero-order valence-electron chi connectivity index (χ0n) is 10.3. The Bertz CT molecular complexity index is 664. The average molecular weight is 273 g/mol. The second-order valence-electron chi connectivity index (χ2n) is 3.78. The molecule has 0 unspecified atom stereocenters. The summed E-state index contributed by atoms with van der Waals surface area (Å²) in [5.41, 5.74) is 5.65. The smallest absolute Gasteiger partial charge is 0.257 e. The highest BCUT2D eigenvalue weighted by molar-refractivity contribution is 5.34. The predicted octanol–water partition coefficient (Wildman–Crippen LogP) is -0.323. The van der Waals surface area contributed by atoms with Crippen LogP contribution in [0.15, 0.2) is 29.3 Å². The van der Waals surface area contributed by atoms with Gasteiger partial charge in [0.25, 0.3) is 5.95 Å². The number of anilines is 2. The quantitative estimate of drug-likeness (QED) is 0.641. The van der Waals surface area contributed by atoms with Crippen molar-refractivity contribution in [2.45, 2.75) is 6.42 Å². The zero-order valence-corrected chi connectivity index (χ0v) is 10.3. The van der Waals surface area contributed by atoms with Crippen molar-refractivity contribution >= 4 is 11.9 Å². The molecule has 0 aliphatic heterocycles. The van der Waals surface area contributed by atoms with Crippen molar-refractivity contribution in [2.75, 3.05) is 17.6 Å². The van der Waals surface area contributed by atoms with E-state index in [1.54, 1.807) is 18.5 Å². The SMILES string of the molecule is Nc1nc(NCCc2ncno2)nc(-n2cccn2)n1. The Morgan fingerprint density at radius 1 is 1.30 bits per heavy atom. The normalized spacial score (nSPS) is 10.6. The number of hydrogen-bond acceptors (Lipinski definition) is 9. The van der Waals surface area contributed by atoms with Gasteiger partial charge in [0, 0.05) is 25.4 Å². The molecule has 10 heteroatoms. The molecular formula is C10H11N9O. The van der Waals surface area contributed by atoms with Crippen molar-refractivity contribution in [2.24, 2.45) is 0 Å².